The summed E-state index contributed by atoms with van der Waals surface area (Å²) in [6.45, 7) is 3.30. The number of rotatable bonds is 4. The summed E-state index contributed by atoms with van der Waals surface area (Å²) in [6, 6.07) is 0. The third-order valence-corrected chi connectivity index (χ3v) is 3.41. The Bertz CT molecular complexity index is 357. The van der Waals surface area contributed by atoms with Gasteiger partial charge in [0.2, 0.25) is 0 Å². The Morgan fingerprint density at radius 3 is 2.82 bits per heavy atom. The number of likely N-dealkylation sites (N-methyl/N-ethyl adjacent to an activating group) is 1. The van der Waals surface area contributed by atoms with E-state index in [2.05, 4.69) is 16.9 Å². The molecule has 1 aromatic rings. The van der Waals surface area contributed by atoms with Gasteiger partial charge in [-0.25, -0.2) is 4.98 Å². The summed E-state index contributed by atoms with van der Waals surface area (Å²) in [5, 5.41) is 0. The van der Waals surface area contributed by atoms with Gasteiger partial charge < -0.3 is 15.0 Å². The molecule has 0 spiro atoms. The normalized spacial score (nSPS) is 19.8. The minimum absolute atomic E-state index is 0.0990. The van der Waals surface area contributed by atoms with Crippen LogP contribution in [0, 0.1) is 0 Å². The molecule has 1 aliphatic heterocycles. The summed E-state index contributed by atoms with van der Waals surface area (Å²) in [7, 11) is 4.11. The van der Waals surface area contributed by atoms with E-state index in [0.29, 0.717) is 0 Å². The number of nitrogens with two attached hydrogens (primary N) is 1. The lowest BCUT2D eigenvalue weighted by Crippen LogP contribution is -2.52. The number of aryl methyl sites for hydroxylation is 1. The summed E-state index contributed by atoms with van der Waals surface area (Å²) in [5.41, 5.74) is 6.28. The summed E-state index contributed by atoms with van der Waals surface area (Å²) in [5.74, 6) is 1.07. The zero-order chi connectivity index (χ0) is 12.3. The fraction of sp³-hybridized carbons (Fsp3) is 0.750. The van der Waals surface area contributed by atoms with E-state index >= 15 is 0 Å². The quantitative estimate of drug-likeness (QED) is 0.823. The Hall–Kier alpha value is -0.910. The van der Waals surface area contributed by atoms with Gasteiger partial charge in [0.25, 0.3) is 0 Å². The molecule has 0 bridgehead atoms. The van der Waals surface area contributed by atoms with Crippen molar-refractivity contribution < 1.29 is 4.74 Å². The van der Waals surface area contributed by atoms with E-state index in [1.54, 1.807) is 0 Å². The van der Waals surface area contributed by atoms with E-state index in [1.807, 2.05) is 24.0 Å². The summed E-state index contributed by atoms with van der Waals surface area (Å²) < 4.78 is 7.40. The molecule has 1 aliphatic rings. The van der Waals surface area contributed by atoms with Gasteiger partial charge in [-0.1, -0.05) is 0 Å². The van der Waals surface area contributed by atoms with Gasteiger partial charge in [0, 0.05) is 44.7 Å². The van der Waals surface area contributed by atoms with Crippen molar-refractivity contribution in [2.75, 3.05) is 26.8 Å². The third-order valence-electron chi connectivity index (χ3n) is 3.41. The average molecular weight is 238 g/mol. The molecule has 0 atom stereocenters. The smallest absolute Gasteiger partial charge is 0.122 e. The molecule has 0 aromatic carbocycles. The van der Waals surface area contributed by atoms with E-state index < -0.39 is 0 Å². The summed E-state index contributed by atoms with van der Waals surface area (Å²) >= 11 is 0. The van der Waals surface area contributed by atoms with Crippen molar-refractivity contribution in [3.8, 4) is 0 Å². The van der Waals surface area contributed by atoms with Gasteiger partial charge in [-0.2, -0.15) is 0 Å². The van der Waals surface area contributed by atoms with Gasteiger partial charge >= 0.3 is 0 Å². The van der Waals surface area contributed by atoms with Crippen LogP contribution in [0.25, 0.3) is 0 Å². The molecule has 1 fully saturated rings. The van der Waals surface area contributed by atoms with Crippen LogP contribution in [-0.2, 0) is 18.3 Å². The predicted molar refractivity (Wildman–Crippen MR) is 66.5 cm³/mol. The zero-order valence-corrected chi connectivity index (χ0v) is 10.7. The topological polar surface area (TPSA) is 56.3 Å². The second kappa shape index (κ2) is 5.16. The van der Waals surface area contributed by atoms with Gasteiger partial charge in [0.15, 0.2) is 0 Å². The molecule has 0 unspecified atom stereocenters. The summed E-state index contributed by atoms with van der Waals surface area (Å²) in [4.78, 5) is 6.57. The Labute approximate surface area is 103 Å². The lowest BCUT2D eigenvalue weighted by molar-refractivity contribution is 0.0399. The number of imidazole rings is 1. The van der Waals surface area contributed by atoms with Crippen molar-refractivity contribution in [1.82, 2.24) is 14.5 Å². The standard InChI is InChI=1S/C12H22N4O/c1-15(9-11-14-5-6-16(11)2)10-12(13)3-7-17-8-4-12/h5-6H,3-4,7-10,13H2,1-2H3. The van der Waals surface area contributed by atoms with Crippen LogP contribution in [0.15, 0.2) is 12.4 Å². The maximum atomic E-state index is 6.38. The van der Waals surface area contributed by atoms with Gasteiger partial charge in [0.05, 0.1) is 6.54 Å². The second-order valence-electron chi connectivity index (χ2n) is 5.10. The Morgan fingerprint density at radius 1 is 1.53 bits per heavy atom. The van der Waals surface area contributed by atoms with Crippen molar-refractivity contribution in [1.29, 1.82) is 0 Å². The second-order valence-corrected chi connectivity index (χ2v) is 5.10. The van der Waals surface area contributed by atoms with Crippen molar-refractivity contribution in [2.45, 2.75) is 24.9 Å². The molecular formula is C12H22N4O. The first-order chi connectivity index (χ1) is 8.09. The minimum Gasteiger partial charge on any atom is -0.381 e. The Balaban J connectivity index is 1.88. The molecule has 2 N–H and O–H groups in total. The summed E-state index contributed by atoms with van der Waals surface area (Å²) in [6.07, 6.45) is 5.68. The molecule has 5 nitrogen and oxygen atoms in total. The van der Waals surface area contributed by atoms with Crippen LogP contribution in [0.3, 0.4) is 0 Å². The van der Waals surface area contributed by atoms with E-state index in [9.17, 15) is 0 Å². The van der Waals surface area contributed by atoms with Crippen LogP contribution in [0.2, 0.25) is 0 Å². The van der Waals surface area contributed by atoms with Crippen LogP contribution in [0.5, 0.6) is 0 Å². The molecule has 0 saturated carbocycles. The number of nitrogens with zero attached hydrogens (tertiary/aromatic N) is 3. The Morgan fingerprint density at radius 2 is 2.24 bits per heavy atom. The molecule has 2 heterocycles. The molecule has 5 heteroatoms. The van der Waals surface area contributed by atoms with E-state index in [-0.39, 0.29) is 5.54 Å². The lowest BCUT2D eigenvalue weighted by atomic mass is 9.91. The number of ether oxygens (including phenoxy) is 1. The van der Waals surface area contributed by atoms with Gasteiger partial charge in [-0.05, 0) is 19.9 Å². The molecule has 0 amide bonds. The Kier molecular flexibility index (Phi) is 3.81. The molecule has 17 heavy (non-hydrogen) atoms. The highest BCUT2D eigenvalue weighted by molar-refractivity contribution is 4.93. The fourth-order valence-electron chi connectivity index (χ4n) is 2.32. The van der Waals surface area contributed by atoms with Crippen LogP contribution in [-0.4, -0.2) is 46.8 Å². The number of hydrogen-bond acceptors (Lipinski definition) is 4. The fourth-order valence-corrected chi connectivity index (χ4v) is 2.32. The zero-order valence-electron chi connectivity index (χ0n) is 10.7. The molecule has 0 radical (unpaired) electrons. The van der Waals surface area contributed by atoms with Crippen LogP contribution >= 0.6 is 0 Å². The minimum atomic E-state index is -0.0990. The largest absolute Gasteiger partial charge is 0.381 e. The maximum Gasteiger partial charge on any atom is 0.122 e. The van der Waals surface area contributed by atoms with Crippen LogP contribution < -0.4 is 5.73 Å². The van der Waals surface area contributed by atoms with Gasteiger partial charge in [-0.15, -0.1) is 0 Å². The van der Waals surface area contributed by atoms with Crippen LogP contribution in [0.1, 0.15) is 18.7 Å². The molecule has 96 valence electrons. The predicted octanol–water partition coefficient (Wildman–Crippen LogP) is 0.360. The van der Waals surface area contributed by atoms with Crippen molar-refractivity contribution in [3.63, 3.8) is 0 Å². The molecular weight excluding hydrogens is 216 g/mol. The highest BCUT2D eigenvalue weighted by Gasteiger charge is 2.29. The van der Waals surface area contributed by atoms with Gasteiger partial charge in [0.1, 0.15) is 5.82 Å². The molecule has 1 saturated heterocycles. The van der Waals surface area contributed by atoms with Crippen molar-refractivity contribution >= 4 is 0 Å². The monoisotopic (exact) mass is 238 g/mol. The first-order valence-corrected chi connectivity index (χ1v) is 6.10. The third kappa shape index (κ3) is 3.28. The molecule has 0 aliphatic carbocycles. The van der Waals surface area contributed by atoms with Crippen molar-refractivity contribution in [3.05, 3.63) is 18.2 Å². The van der Waals surface area contributed by atoms with E-state index in [4.69, 9.17) is 10.5 Å². The highest BCUT2D eigenvalue weighted by Crippen LogP contribution is 2.19. The first-order valence-electron chi connectivity index (χ1n) is 6.10. The van der Waals surface area contributed by atoms with Crippen molar-refractivity contribution in [2.24, 2.45) is 12.8 Å². The average Bonchev–Trinajstić information content (AvgIpc) is 2.64. The van der Waals surface area contributed by atoms with E-state index in [0.717, 1.165) is 45.0 Å². The maximum absolute atomic E-state index is 6.38. The van der Waals surface area contributed by atoms with Crippen LogP contribution in [0.4, 0.5) is 0 Å². The molecule has 1 aromatic heterocycles. The lowest BCUT2D eigenvalue weighted by Gasteiger charge is -2.36. The molecule has 2 rings (SSSR count). The SMILES string of the molecule is CN(Cc1nccn1C)CC1(N)CCOCC1. The first kappa shape index (κ1) is 12.5. The van der Waals surface area contributed by atoms with Gasteiger partial charge in [-0.3, -0.25) is 4.90 Å². The number of aromatic nitrogens is 2. The van der Waals surface area contributed by atoms with E-state index in [1.165, 1.54) is 0 Å². The number of hydrogen-bond donors (Lipinski definition) is 1. The highest BCUT2D eigenvalue weighted by atomic mass is 16.5.